The molecule has 2 aliphatic rings. The quantitative estimate of drug-likeness (QED) is 0.905. The number of rotatable bonds is 5. The van der Waals surface area contributed by atoms with Gasteiger partial charge in [0, 0.05) is 12.2 Å². The second kappa shape index (κ2) is 6.08. The minimum absolute atomic E-state index is 0.00675. The molecular formula is C16H20N6O. The fourth-order valence-electron chi connectivity index (χ4n) is 3.20. The summed E-state index contributed by atoms with van der Waals surface area (Å²) < 4.78 is 1.57. The van der Waals surface area contributed by atoms with E-state index in [9.17, 15) is 4.79 Å². The molecule has 1 aromatic heterocycles. The average molecular weight is 312 g/mol. The second-order valence-electron chi connectivity index (χ2n) is 6.39. The van der Waals surface area contributed by atoms with Gasteiger partial charge in [0.05, 0.1) is 11.7 Å². The number of likely N-dealkylation sites (tertiary alicyclic amines) is 1. The van der Waals surface area contributed by atoms with Crippen LogP contribution in [-0.2, 0) is 4.79 Å². The van der Waals surface area contributed by atoms with Gasteiger partial charge in [0.2, 0.25) is 5.91 Å². The fraction of sp³-hybridized carbons (Fsp3) is 0.500. The van der Waals surface area contributed by atoms with E-state index in [4.69, 9.17) is 0 Å². The number of nitrogens with one attached hydrogen (secondary N) is 1. The molecule has 1 saturated heterocycles. The van der Waals surface area contributed by atoms with Crippen molar-refractivity contribution in [1.29, 1.82) is 0 Å². The summed E-state index contributed by atoms with van der Waals surface area (Å²) in [6, 6.07) is 7.58. The molecule has 120 valence electrons. The molecule has 2 heterocycles. The number of hydrogen-bond acceptors (Lipinski definition) is 5. The summed E-state index contributed by atoms with van der Waals surface area (Å²) in [7, 11) is 0. The van der Waals surface area contributed by atoms with E-state index in [1.165, 1.54) is 19.2 Å². The van der Waals surface area contributed by atoms with Gasteiger partial charge in [-0.3, -0.25) is 9.69 Å². The third kappa shape index (κ3) is 3.24. The minimum Gasteiger partial charge on any atom is -0.325 e. The fourth-order valence-corrected chi connectivity index (χ4v) is 3.20. The van der Waals surface area contributed by atoms with Crippen LogP contribution >= 0.6 is 0 Å². The van der Waals surface area contributed by atoms with Crippen LogP contribution in [0.15, 0.2) is 30.6 Å². The summed E-state index contributed by atoms with van der Waals surface area (Å²) in [5.74, 6) is 0.906. The Balaban J connectivity index is 1.44. The highest BCUT2D eigenvalue weighted by molar-refractivity contribution is 5.95. The Morgan fingerprint density at radius 3 is 3.00 bits per heavy atom. The molecule has 1 saturated carbocycles. The predicted molar refractivity (Wildman–Crippen MR) is 85.1 cm³/mol. The lowest BCUT2D eigenvalue weighted by atomic mass is 10.2. The molecular weight excluding hydrogens is 292 g/mol. The van der Waals surface area contributed by atoms with E-state index in [1.54, 1.807) is 4.68 Å². The molecule has 1 unspecified atom stereocenters. The number of anilines is 1. The SMILES string of the molecule is O=C(Nc1cccc(-n2cnnn2)c1)C1CCCN1CC1CC1. The zero-order valence-corrected chi connectivity index (χ0v) is 12.9. The van der Waals surface area contributed by atoms with Crippen LogP contribution in [0.5, 0.6) is 0 Å². The first-order valence-corrected chi connectivity index (χ1v) is 8.18. The lowest BCUT2D eigenvalue weighted by Gasteiger charge is -2.23. The Kier molecular flexibility index (Phi) is 3.78. The Hall–Kier alpha value is -2.28. The zero-order chi connectivity index (χ0) is 15.6. The van der Waals surface area contributed by atoms with E-state index in [1.807, 2.05) is 24.3 Å². The van der Waals surface area contributed by atoms with Crippen LogP contribution in [0.2, 0.25) is 0 Å². The number of benzene rings is 1. The minimum atomic E-state index is 0.00675. The van der Waals surface area contributed by atoms with Gasteiger partial charge in [-0.2, -0.15) is 0 Å². The van der Waals surface area contributed by atoms with Crippen LogP contribution in [-0.4, -0.2) is 50.1 Å². The van der Waals surface area contributed by atoms with Crippen LogP contribution in [0.1, 0.15) is 25.7 Å². The van der Waals surface area contributed by atoms with Gasteiger partial charge in [-0.1, -0.05) is 6.07 Å². The van der Waals surface area contributed by atoms with Gasteiger partial charge in [-0.05, 0) is 66.8 Å². The summed E-state index contributed by atoms with van der Waals surface area (Å²) in [5, 5.41) is 14.2. The van der Waals surface area contributed by atoms with Crippen molar-refractivity contribution >= 4 is 11.6 Å². The smallest absolute Gasteiger partial charge is 0.241 e. The summed E-state index contributed by atoms with van der Waals surface area (Å²) in [6.45, 7) is 2.11. The molecule has 23 heavy (non-hydrogen) atoms. The third-order valence-corrected chi connectivity index (χ3v) is 4.58. The average Bonchev–Trinajstić information content (AvgIpc) is 3.04. The Morgan fingerprint density at radius 2 is 2.22 bits per heavy atom. The van der Waals surface area contributed by atoms with Crippen molar-refractivity contribution in [3.05, 3.63) is 30.6 Å². The largest absolute Gasteiger partial charge is 0.325 e. The molecule has 7 nitrogen and oxygen atoms in total. The molecule has 1 aliphatic heterocycles. The van der Waals surface area contributed by atoms with Crippen molar-refractivity contribution in [3.8, 4) is 5.69 Å². The number of nitrogens with zero attached hydrogens (tertiary/aromatic N) is 5. The van der Waals surface area contributed by atoms with E-state index in [0.29, 0.717) is 0 Å². The standard InChI is InChI=1S/C16H20N6O/c23-16(15-5-2-8-21(15)10-12-6-7-12)18-13-3-1-4-14(9-13)22-11-17-19-20-22/h1,3-4,9,11-12,15H,2,5-8,10H2,(H,18,23). The number of amides is 1. The maximum absolute atomic E-state index is 12.6. The molecule has 0 spiro atoms. The normalized spacial score (nSPS) is 21.5. The molecule has 0 radical (unpaired) electrons. The molecule has 2 fully saturated rings. The van der Waals surface area contributed by atoms with Crippen LogP contribution < -0.4 is 5.32 Å². The number of aromatic nitrogens is 4. The van der Waals surface area contributed by atoms with Crippen molar-refractivity contribution in [1.82, 2.24) is 25.1 Å². The van der Waals surface area contributed by atoms with Gasteiger partial charge < -0.3 is 5.32 Å². The van der Waals surface area contributed by atoms with Crippen LogP contribution in [0, 0.1) is 5.92 Å². The molecule has 4 rings (SSSR count). The van der Waals surface area contributed by atoms with Crippen molar-refractivity contribution in [2.45, 2.75) is 31.7 Å². The van der Waals surface area contributed by atoms with Crippen LogP contribution in [0.4, 0.5) is 5.69 Å². The second-order valence-corrected chi connectivity index (χ2v) is 6.39. The van der Waals surface area contributed by atoms with Gasteiger partial charge in [-0.25, -0.2) is 4.68 Å². The molecule has 0 bridgehead atoms. The number of carbonyl (C=O) groups is 1. The highest BCUT2D eigenvalue weighted by atomic mass is 16.2. The molecule has 7 heteroatoms. The van der Waals surface area contributed by atoms with Gasteiger partial charge in [0.25, 0.3) is 0 Å². The predicted octanol–water partition coefficient (Wildman–Crippen LogP) is 1.48. The lowest BCUT2D eigenvalue weighted by molar-refractivity contribution is -0.120. The summed E-state index contributed by atoms with van der Waals surface area (Å²) in [4.78, 5) is 15.0. The van der Waals surface area contributed by atoms with E-state index in [2.05, 4.69) is 25.7 Å². The maximum Gasteiger partial charge on any atom is 0.241 e. The highest BCUT2D eigenvalue weighted by Crippen LogP contribution is 2.32. The van der Waals surface area contributed by atoms with E-state index in [0.717, 1.165) is 43.2 Å². The van der Waals surface area contributed by atoms with Gasteiger partial charge in [0.15, 0.2) is 0 Å². The van der Waals surface area contributed by atoms with Crippen molar-refractivity contribution < 1.29 is 4.79 Å². The molecule has 1 N–H and O–H groups in total. The number of carbonyl (C=O) groups excluding carboxylic acids is 1. The van der Waals surface area contributed by atoms with Crippen LogP contribution in [0.3, 0.4) is 0 Å². The van der Waals surface area contributed by atoms with Gasteiger partial charge >= 0.3 is 0 Å². The maximum atomic E-state index is 12.6. The van der Waals surface area contributed by atoms with Crippen molar-refractivity contribution in [3.63, 3.8) is 0 Å². The first kappa shape index (κ1) is 14.3. The van der Waals surface area contributed by atoms with Gasteiger partial charge in [0.1, 0.15) is 6.33 Å². The first-order valence-electron chi connectivity index (χ1n) is 8.18. The molecule has 2 aromatic rings. The van der Waals surface area contributed by atoms with Crippen molar-refractivity contribution in [2.24, 2.45) is 5.92 Å². The van der Waals surface area contributed by atoms with E-state index in [-0.39, 0.29) is 11.9 Å². The topological polar surface area (TPSA) is 75.9 Å². The summed E-state index contributed by atoms with van der Waals surface area (Å²) >= 11 is 0. The van der Waals surface area contributed by atoms with E-state index < -0.39 is 0 Å². The van der Waals surface area contributed by atoms with E-state index >= 15 is 0 Å². The number of tetrazole rings is 1. The number of hydrogen-bond donors (Lipinski definition) is 1. The Labute approximate surface area is 134 Å². The molecule has 1 atom stereocenters. The molecule has 1 aliphatic carbocycles. The van der Waals surface area contributed by atoms with Crippen LogP contribution in [0.25, 0.3) is 5.69 Å². The van der Waals surface area contributed by atoms with Gasteiger partial charge in [-0.15, -0.1) is 5.10 Å². The zero-order valence-electron chi connectivity index (χ0n) is 12.9. The summed E-state index contributed by atoms with van der Waals surface area (Å²) in [5.41, 5.74) is 1.61. The molecule has 1 amide bonds. The first-order chi connectivity index (χ1) is 11.3. The Bertz CT molecular complexity index is 682. The lowest BCUT2D eigenvalue weighted by Crippen LogP contribution is -2.40. The third-order valence-electron chi connectivity index (χ3n) is 4.58. The summed E-state index contributed by atoms with van der Waals surface area (Å²) in [6.07, 6.45) is 6.23. The molecule has 1 aromatic carbocycles. The highest BCUT2D eigenvalue weighted by Gasteiger charge is 2.34. The Morgan fingerprint density at radius 1 is 1.30 bits per heavy atom. The van der Waals surface area contributed by atoms with Crippen molar-refractivity contribution in [2.75, 3.05) is 18.4 Å². The monoisotopic (exact) mass is 312 g/mol.